The van der Waals surface area contributed by atoms with Crippen LogP contribution in [0.3, 0.4) is 0 Å². The number of ether oxygens (including phenoxy) is 3. The molecule has 1 aromatic heterocycles. The Morgan fingerprint density at radius 1 is 0.971 bits per heavy atom. The van der Waals surface area contributed by atoms with Crippen LogP contribution in [0.25, 0.3) is 10.9 Å². The highest BCUT2D eigenvalue weighted by Crippen LogP contribution is 2.33. The highest BCUT2D eigenvalue weighted by atomic mass is 16.6. The number of aromatic nitrogens is 1. The molecule has 4 aromatic rings. The van der Waals surface area contributed by atoms with Crippen molar-refractivity contribution in [2.75, 3.05) is 25.6 Å². The van der Waals surface area contributed by atoms with E-state index in [1.54, 1.807) is 24.1 Å². The summed E-state index contributed by atoms with van der Waals surface area (Å²) in [6.07, 6.45) is 0. The molecular formula is C27H25N3O5. The summed E-state index contributed by atoms with van der Waals surface area (Å²) in [7, 11) is 1.61. The van der Waals surface area contributed by atoms with Gasteiger partial charge in [-0.2, -0.15) is 0 Å². The monoisotopic (exact) mass is 471 g/mol. The van der Waals surface area contributed by atoms with Crippen LogP contribution in [-0.4, -0.2) is 36.2 Å². The van der Waals surface area contributed by atoms with E-state index in [0.717, 1.165) is 16.7 Å². The minimum absolute atomic E-state index is 0.115. The SMILES string of the molecule is COc1ccc(CN(Cc2cc3cc4c(cc3[nH]c2=O)OCCO4)C(=O)Nc2ccccc2)cc1. The summed E-state index contributed by atoms with van der Waals surface area (Å²) in [6.45, 7) is 1.37. The number of amides is 2. The first-order valence-electron chi connectivity index (χ1n) is 11.3. The molecule has 2 heterocycles. The molecule has 0 bridgehead atoms. The molecule has 178 valence electrons. The standard InChI is InChI=1S/C27H25N3O5/c1-33-22-9-7-18(8-10-22)16-30(27(32)28-21-5-3-2-4-6-21)17-20-13-19-14-24-25(35-12-11-34-24)15-23(19)29-26(20)31/h2-10,13-15H,11-12,16-17H2,1H3,(H,28,32)(H,29,31). The molecule has 0 aliphatic carbocycles. The Bertz CT molecular complexity index is 1400. The van der Waals surface area contributed by atoms with E-state index < -0.39 is 0 Å². The molecule has 8 nitrogen and oxygen atoms in total. The van der Waals surface area contributed by atoms with Gasteiger partial charge in [0.05, 0.1) is 19.2 Å². The zero-order chi connectivity index (χ0) is 24.2. The molecule has 3 aromatic carbocycles. The van der Waals surface area contributed by atoms with Gasteiger partial charge < -0.3 is 29.4 Å². The normalized spacial score (nSPS) is 12.3. The maximum atomic E-state index is 13.3. The molecule has 0 fully saturated rings. The Hall–Kier alpha value is -4.46. The van der Waals surface area contributed by atoms with Gasteiger partial charge in [0.2, 0.25) is 0 Å². The summed E-state index contributed by atoms with van der Waals surface area (Å²) >= 11 is 0. The van der Waals surface area contributed by atoms with Gasteiger partial charge in [0, 0.05) is 29.2 Å². The number of fused-ring (bicyclic) bond motifs is 2. The van der Waals surface area contributed by atoms with Gasteiger partial charge in [0.1, 0.15) is 19.0 Å². The molecule has 0 unspecified atom stereocenters. The van der Waals surface area contributed by atoms with E-state index >= 15 is 0 Å². The van der Waals surface area contributed by atoms with Gasteiger partial charge in [-0.25, -0.2) is 4.79 Å². The average Bonchev–Trinajstić information content (AvgIpc) is 2.88. The van der Waals surface area contributed by atoms with Crippen molar-refractivity contribution >= 4 is 22.6 Å². The number of carbonyl (C=O) groups excluding carboxylic acids is 1. The van der Waals surface area contributed by atoms with Crippen molar-refractivity contribution in [1.29, 1.82) is 0 Å². The van der Waals surface area contributed by atoms with Crippen LogP contribution < -0.4 is 25.1 Å². The quantitative estimate of drug-likeness (QED) is 0.431. The Morgan fingerprint density at radius 2 is 1.69 bits per heavy atom. The van der Waals surface area contributed by atoms with E-state index in [1.165, 1.54) is 0 Å². The lowest BCUT2D eigenvalue weighted by Gasteiger charge is -2.24. The number of aromatic amines is 1. The van der Waals surface area contributed by atoms with Crippen molar-refractivity contribution in [3.8, 4) is 17.2 Å². The Balaban J connectivity index is 1.45. The van der Waals surface area contributed by atoms with Crippen LogP contribution in [-0.2, 0) is 13.1 Å². The second-order valence-corrected chi connectivity index (χ2v) is 8.21. The zero-order valence-corrected chi connectivity index (χ0v) is 19.2. The number of nitrogens with one attached hydrogen (secondary N) is 2. The predicted octanol–water partition coefficient (Wildman–Crippen LogP) is 4.54. The first-order chi connectivity index (χ1) is 17.1. The lowest BCUT2D eigenvalue weighted by atomic mass is 10.1. The van der Waals surface area contributed by atoms with Gasteiger partial charge in [-0.3, -0.25) is 4.79 Å². The number of carbonyl (C=O) groups is 1. The smallest absolute Gasteiger partial charge is 0.322 e. The van der Waals surface area contributed by atoms with Crippen molar-refractivity contribution in [2.45, 2.75) is 13.1 Å². The fourth-order valence-electron chi connectivity index (χ4n) is 3.99. The molecule has 2 amide bonds. The van der Waals surface area contributed by atoms with E-state index in [2.05, 4.69) is 10.3 Å². The van der Waals surface area contributed by atoms with E-state index in [1.807, 2.05) is 60.7 Å². The second-order valence-electron chi connectivity index (χ2n) is 8.21. The number of urea groups is 1. The third-order valence-electron chi connectivity index (χ3n) is 5.79. The van der Waals surface area contributed by atoms with Gasteiger partial charge in [-0.15, -0.1) is 0 Å². The van der Waals surface area contributed by atoms with Crippen LogP contribution in [0.1, 0.15) is 11.1 Å². The molecule has 0 radical (unpaired) electrons. The highest BCUT2D eigenvalue weighted by Gasteiger charge is 2.19. The minimum Gasteiger partial charge on any atom is -0.497 e. The fraction of sp³-hybridized carbons (Fsp3) is 0.185. The van der Waals surface area contributed by atoms with Gasteiger partial charge in [-0.05, 0) is 42.0 Å². The molecule has 0 atom stereocenters. The van der Waals surface area contributed by atoms with Crippen LogP contribution in [0.4, 0.5) is 10.5 Å². The fourth-order valence-corrected chi connectivity index (χ4v) is 3.99. The number of hydrogen-bond donors (Lipinski definition) is 2. The largest absolute Gasteiger partial charge is 0.497 e. The van der Waals surface area contributed by atoms with Crippen molar-refractivity contribution in [3.63, 3.8) is 0 Å². The molecule has 1 aliphatic rings. The first-order valence-corrected chi connectivity index (χ1v) is 11.3. The maximum Gasteiger partial charge on any atom is 0.322 e. The number of anilines is 1. The summed E-state index contributed by atoms with van der Waals surface area (Å²) in [5.41, 5.74) is 2.44. The number of hydrogen-bond acceptors (Lipinski definition) is 5. The number of benzene rings is 3. The maximum absolute atomic E-state index is 13.3. The van der Waals surface area contributed by atoms with E-state index in [-0.39, 0.29) is 18.1 Å². The minimum atomic E-state index is -0.311. The summed E-state index contributed by atoms with van der Waals surface area (Å²) < 4.78 is 16.5. The number of nitrogens with zero attached hydrogens (tertiary/aromatic N) is 1. The van der Waals surface area contributed by atoms with E-state index in [9.17, 15) is 9.59 Å². The third kappa shape index (κ3) is 5.06. The molecule has 1 aliphatic heterocycles. The summed E-state index contributed by atoms with van der Waals surface area (Å²) in [4.78, 5) is 30.7. The predicted molar refractivity (Wildman–Crippen MR) is 133 cm³/mol. The zero-order valence-electron chi connectivity index (χ0n) is 19.2. The van der Waals surface area contributed by atoms with E-state index in [0.29, 0.717) is 48.0 Å². The summed E-state index contributed by atoms with van der Waals surface area (Å²) in [6, 6.07) is 21.8. The first kappa shape index (κ1) is 22.3. The van der Waals surface area contributed by atoms with Crippen molar-refractivity contribution in [1.82, 2.24) is 9.88 Å². The molecular weight excluding hydrogens is 446 g/mol. The third-order valence-corrected chi connectivity index (χ3v) is 5.79. The van der Waals surface area contributed by atoms with Crippen LogP contribution in [0.2, 0.25) is 0 Å². The topological polar surface area (TPSA) is 92.9 Å². The van der Waals surface area contributed by atoms with Gasteiger partial charge >= 0.3 is 6.03 Å². The van der Waals surface area contributed by atoms with Crippen LogP contribution in [0, 0.1) is 0 Å². The molecule has 8 heteroatoms. The van der Waals surface area contributed by atoms with Crippen molar-refractivity contribution in [3.05, 3.63) is 94.3 Å². The van der Waals surface area contributed by atoms with Crippen molar-refractivity contribution < 1.29 is 19.0 Å². The van der Waals surface area contributed by atoms with Crippen LogP contribution in [0.5, 0.6) is 17.2 Å². The number of pyridine rings is 1. The van der Waals surface area contributed by atoms with Gasteiger partial charge in [-0.1, -0.05) is 30.3 Å². The number of para-hydroxylation sites is 1. The number of rotatable bonds is 6. The Labute approximate surface area is 202 Å². The van der Waals surface area contributed by atoms with Gasteiger partial charge in [0.15, 0.2) is 11.5 Å². The second kappa shape index (κ2) is 9.80. The molecule has 0 saturated carbocycles. The molecule has 0 spiro atoms. The molecule has 0 saturated heterocycles. The lowest BCUT2D eigenvalue weighted by molar-refractivity contribution is 0.172. The number of methoxy groups -OCH3 is 1. The number of H-pyrrole nitrogens is 1. The van der Waals surface area contributed by atoms with Crippen LogP contribution in [0.15, 0.2) is 77.6 Å². The highest BCUT2D eigenvalue weighted by molar-refractivity contribution is 5.89. The van der Waals surface area contributed by atoms with E-state index in [4.69, 9.17) is 14.2 Å². The lowest BCUT2D eigenvalue weighted by Crippen LogP contribution is -2.35. The average molecular weight is 472 g/mol. The molecule has 5 rings (SSSR count). The van der Waals surface area contributed by atoms with Crippen LogP contribution >= 0.6 is 0 Å². The summed E-state index contributed by atoms with van der Waals surface area (Å²) in [5, 5.41) is 3.72. The van der Waals surface area contributed by atoms with Crippen molar-refractivity contribution in [2.24, 2.45) is 0 Å². The Morgan fingerprint density at radius 3 is 2.40 bits per heavy atom. The van der Waals surface area contributed by atoms with Gasteiger partial charge in [0.25, 0.3) is 5.56 Å². The summed E-state index contributed by atoms with van der Waals surface area (Å²) in [5.74, 6) is 1.98. The molecule has 2 N–H and O–H groups in total. The molecule has 35 heavy (non-hydrogen) atoms. The Kier molecular flexibility index (Phi) is 6.26.